The fourth-order valence-electron chi connectivity index (χ4n) is 0.885. The van der Waals surface area contributed by atoms with Crippen molar-refractivity contribution in [2.75, 3.05) is 0 Å². The van der Waals surface area contributed by atoms with Crippen LogP contribution in [0.1, 0.15) is 11.1 Å². The maximum absolute atomic E-state index is 10.1. The highest BCUT2D eigenvalue weighted by Gasteiger charge is 1.97. The van der Waals surface area contributed by atoms with Crippen molar-refractivity contribution in [1.82, 2.24) is 0 Å². The summed E-state index contributed by atoms with van der Waals surface area (Å²) in [5, 5.41) is 11.6. The van der Waals surface area contributed by atoms with Gasteiger partial charge in [0, 0.05) is 0 Å². The Balaban J connectivity index is 3.12. The number of hydrogen-bond donors (Lipinski definition) is 1. The number of nitrogens with zero attached hydrogens (tertiary/aromatic N) is 1. The van der Waals surface area contributed by atoms with Gasteiger partial charge in [-0.05, 0) is 35.4 Å². The predicted octanol–water partition coefficient (Wildman–Crippen LogP) is 1.89. The zero-order valence-electron chi connectivity index (χ0n) is 6.24. The Hall–Kier alpha value is -1.22. The first kappa shape index (κ1) is 7.88. The van der Waals surface area contributed by atoms with Crippen molar-refractivity contribution >= 4 is 5.69 Å². The van der Waals surface area contributed by atoms with Gasteiger partial charge in [-0.1, -0.05) is 6.07 Å². The van der Waals surface area contributed by atoms with E-state index < -0.39 is 0 Å². The summed E-state index contributed by atoms with van der Waals surface area (Å²) >= 11 is 0. The summed E-state index contributed by atoms with van der Waals surface area (Å²) in [5.41, 5.74) is 2.08. The topological polar surface area (TPSA) is 49.7 Å². The molecule has 0 unspecified atom stereocenters. The zero-order valence-corrected chi connectivity index (χ0v) is 6.24. The molecule has 0 saturated carbocycles. The van der Waals surface area contributed by atoms with Crippen molar-refractivity contribution in [3.8, 4) is 0 Å². The largest absolute Gasteiger partial charge is 0.392 e. The molecular weight excluding hydrogens is 142 g/mol. The molecule has 0 bridgehead atoms. The normalized spacial score (nSPS) is 9.64. The average Bonchev–Trinajstić information content (AvgIpc) is 2.05. The van der Waals surface area contributed by atoms with Crippen molar-refractivity contribution < 1.29 is 5.11 Å². The van der Waals surface area contributed by atoms with E-state index in [-0.39, 0.29) is 6.61 Å². The Kier molecular flexibility index (Phi) is 2.33. The molecule has 1 aromatic carbocycles. The van der Waals surface area contributed by atoms with Crippen molar-refractivity contribution in [1.29, 1.82) is 0 Å². The van der Waals surface area contributed by atoms with Gasteiger partial charge in [0.05, 0.1) is 6.61 Å². The molecular formula is C8H9NO2. The lowest BCUT2D eigenvalue weighted by atomic mass is 10.1. The molecule has 0 aliphatic heterocycles. The minimum Gasteiger partial charge on any atom is -0.392 e. The van der Waals surface area contributed by atoms with Crippen LogP contribution in [0.4, 0.5) is 5.69 Å². The van der Waals surface area contributed by atoms with E-state index in [2.05, 4.69) is 5.18 Å². The van der Waals surface area contributed by atoms with Crippen LogP contribution >= 0.6 is 0 Å². The minimum atomic E-state index is -0.0464. The molecule has 0 aliphatic carbocycles. The van der Waals surface area contributed by atoms with Crippen LogP contribution in [0.3, 0.4) is 0 Å². The maximum Gasteiger partial charge on any atom is 0.108 e. The van der Waals surface area contributed by atoms with Gasteiger partial charge in [-0.15, -0.1) is 4.91 Å². The standard InChI is InChI=1S/C8H9NO2/c1-6-2-3-8(9-11)4-7(6)5-10/h2-4,10H,5H2,1H3. The van der Waals surface area contributed by atoms with Crippen molar-refractivity contribution in [2.24, 2.45) is 5.18 Å². The van der Waals surface area contributed by atoms with Gasteiger partial charge in [-0.2, -0.15) is 0 Å². The van der Waals surface area contributed by atoms with Gasteiger partial charge >= 0.3 is 0 Å². The Morgan fingerprint density at radius 2 is 2.27 bits per heavy atom. The molecule has 0 saturated heterocycles. The van der Waals surface area contributed by atoms with Gasteiger partial charge in [0.1, 0.15) is 5.69 Å². The van der Waals surface area contributed by atoms with Crippen LogP contribution in [0.25, 0.3) is 0 Å². The molecule has 0 heterocycles. The number of rotatable bonds is 2. The number of hydrogen-bond acceptors (Lipinski definition) is 3. The highest BCUT2D eigenvalue weighted by Crippen LogP contribution is 2.17. The number of aliphatic hydroxyl groups is 1. The first-order valence-corrected chi connectivity index (χ1v) is 3.31. The van der Waals surface area contributed by atoms with Crippen LogP contribution in [0.15, 0.2) is 23.4 Å². The van der Waals surface area contributed by atoms with Gasteiger partial charge < -0.3 is 5.11 Å². The molecule has 0 atom stereocenters. The number of aryl methyl sites for hydroxylation is 1. The van der Waals surface area contributed by atoms with Crippen molar-refractivity contribution in [3.63, 3.8) is 0 Å². The first-order valence-electron chi connectivity index (χ1n) is 3.31. The fourth-order valence-corrected chi connectivity index (χ4v) is 0.885. The molecule has 0 fully saturated rings. The monoisotopic (exact) mass is 151 g/mol. The summed E-state index contributed by atoms with van der Waals surface area (Å²) in [4.78, 5) is 10.1. The maximum atomic E-state index is 10.1. The van der Waals surface area contributed by atoms with E-state index in [4.69, 9.17) is 5.11 Å². The Morgan fingerprint density at radius 1 is 1.55 bits per heavy atom. The van der Waals surface area contributed by atoms with E-state index in [9.17, 15) is 4.91 Å². The number of benzene rings is 1. The van der Waals surface area contributed by atoms with Crippen molar-refractivity contribution in [3.05, 3.63) is 34.2 Å². The van der Waals surface area contributed by atoms with Crippen LogP contribution in [-0.2, 0) is 6.61 Å². The van der Waals surface area contributed by atoms with Crippen LogP contribution in [0.5, 0.6) is 0 Å². The molecule has 0 spiro atoms. The van der Waals surface area contributed by atoms with Gasteiger partial charge in [0.25, 0.3) is 0 Å². The van der Waals surface area contributed by atoms with E-state index in [1.807, 2.05) is 6.92 Å². The third-order valence-electron chi connectivity index (χ3n) is 1.61. The summed E-state index contributed by atoms with van der Waals surface area (Å²) in [6, 6.07) is 4.98. The summed E-state index contributed by atoms with van der Waals surface area (Å²) in [6.45, 7) is 1.83. The summed E-state index contributed by atoms with van der Waals surface area (Å²) in [5.74, 6) is 0. The SMILES string of the molecule is Cc1ccc(N=O)cc1CO. The number of nitroso groups, excluding NO2 is 1. The van der Waals surface area contributed by atoms with Crippen LogP contribution in [0.2, 0.25) is 0 Å². The minimum absolute atomic E-state index is 0.0464. The second-order valence-electron chi connectivity index (χ2n) is 2.36. The lowest BCUT2D eigenvalue weighted by Crippen LogP contribution is -1.86. The van der Waals surface area contributed by atoms with E-state index in [0.29, 0.717) is 5.69 Å². The average molecular weight is 151 g/mol. The second kappa shape index (κ2) is 3.25. The van der Waals surface area contributed by atoms with E-state index in [1.165, 1.54) is 0 Å². The summed E-state index contributed by atoms with van der Waals surface area (Å²) < 4.78 is 0. The predicted molar refractivity (Wildman–Crippen MR) is 42.6 cm³/mol. The molecule has 1 N–H and O–H groups in total. The highest BCUT2D eigenvalue weighted by atomic mass is 16.3. The van der Waals surface area contributed by atoms with Crippen LogP contribution in [-0.4, -0.2) is 5.11 Å². The lowest BCUT2D eigenvalue weighted by Gasteiger charge is -2.00. The quantitative estimate of drug-likeness (QED) is 0.656. The molecule has 3 nitrogen and oxygen atoms in total. The zero-order chi connectivity index (χ0) is 8.27. The Bertz CT molecular complexity index is 271. The molecule has 0 amide bonds. The Labute approximate surface area is 64.7 Å². The third-order valence-corrected chi connectivity index (χ3v) is 1.61. The van der Waals surface area contributed by atoms with E-state index in [0.717, 1.165) is 11.1 Å². The summed E-state index contributed by atoms with van der Waals surface area (Å²) in [6.07, 6.45) is 0. The Morgan fingerprint density at radius 3 is 2.82 bits per heavy atom. The molecule has 3 heteroatoms. The second-order valence-corrected chi connectivity index (χ2v) is 2.36. The highest BCUT2D eigenvalue weighted by molar-refractivity contribution is 5.43. The molecule has 0 aliphatic rings. The first-order chi connectivity index (χ1) is 5.27. The third kappa shape index (κ3) is 1.62. The van der Waals surface area contributed by atoms with Crippen LogP contribution in [0, 0.1) is 11.8 Å². The van der Waals surface area contributed by atoms with E-state index in [1.54, 1.807) is 18.2 Å². The molecule has 1 aromatic rings. The van der Waals surface area contributed by atoms with Gasteiger partial charge in [0.2, 0.25) is 0 Å². The summed E-state index contributed by atoms with van der Waals surface area (Å²) in [7, 11) is 0. The van der Waals surface area contributed by atoms with Crippen LogP contribution < -0.4 is 0 Å². The van der Waals surface area contributed by atoms with Gasteiger partial charge in [-0.3, -0.25) is 0 Å². The smallest absolute Gasteiger partial charge is 0.108 e. The molecule has 11 heavy (non-hydrogen) atoms. The van der Waals surface area contributed by atoms with E-state index >= 15 is 0 Å². The van der Waals surface area contributed by atoms with Gasteiger partial charge in [-0.25, -0.2) is 0 Å². The molecule has 0 radical (unpaired) electrons. The molecule has 58 valence electrons. The van der Waals surface area contributed by atoms with Gasteiger partial charge in [0.15, 0.2) is 0 Å². The number of aliphatic hydroxyl groups excluding tert-OH is 1. The molecule has 1 rings (SSSR count). The molecule has 0 aromatic heterocycles. The van der Waals surface area contributed by atoms with Crippen molar-refractivity contribution in [2.45, 2.75) is 13.5 Å². The lowest BCUT2D eigenvalue weighted by molar-refractivity contribution is 0.281. The fraction of sp³-hybridized carbons (Fsp3) is 0.250.